The molecule has 2 fully saturated rings. The molecule has 3 atom stereocenters. The first-order chi connectivity index (χ1) is 9.61. The first kappa shape index (κ1) is 14.2. The number of amides is 1. The zero-order valence-electron chi connectivity index (χ0n) is 11.4. The molecule has 0 spiro atoms. The Kier molecular flexibility index (Phi) is 4.23. The summed E-state index contributed by atoms with van der Waals surface area (Å²) in [5.74, 6) is 2.44. The van der Waals surface area contributed by atoms with Crippen molar-refractivity contribution in [1.82, 2.24) is 5.32 Å². The first-order valence-electron chi connectivity index (χ1n) is 7.32. The Labute approximate surface area is 129 Å². The van der Waals surface area contributed by atoms with Crippen molar-refractivity contribution in [2.75, 3.05) is 0 Å². The third-order valence-corrected chi connectivity index (χ3v) is 5.41. The van der Waals surface area contributed by atoms with Gasteiger partial charge in [0.1, 0.15) is 0 Å². The molecule has 0 saturated heterocycles. The summed E-state index contributed by atoms with van der Waals surface area (Å²) in [4.78, 5) is 12.0. The Morgan fingerprint density at radius 2 is 2.10 bits per heavy atom. The van der Waals surface area contributed by atoms with Gasteiger partial charge in [-0.05, 0) is 54.7 Å². The van der Waals surface area contributed by atoms with Crippen LogP contribution in [0.3, 0.4) is 0 Å². The average Bonchev–Trinajstić information content (AvgIpc) is 3.00. The minimum absolute atomic E-state index is 0.147. The van der Waals surface area contributed by atoms with Gasteiger partial charge in [-0.25, -0.2) is 0 Å². The minimum Gasteiger partial charge on any atom is -0.352 e. The zero-order valence-corrected chi connectivity index (χ0v) is 12.9. The summed E-state index contributed by atoms with van der Waals surface area (Å²) in [6.07, 6.45) is 5.97. The highest BCUT2D eigenvalue weighted by molar-refractivity contribution is 6.35. The van der Waals surface area contributed by atoms with Crippen LogP contribution in [0.4, 0.5) is 0 Å². The summed E-state index contributed by atoms with van der Waals surface area (Å²) >= 11 is 12.0. The molecule has 0 aromatic heterocycles. The Hall–Kier alpha value is -0.730. The van der Waals surface area contributed by atoms with Gasteiger partial charge < -0.3 is 5.32 Å². The fraction of sp³-hybridized carbons (Fsp3) is 0.562. The third kappa shape index (κ3) is 3.12. The van der Waals surface area contributed by atoms with E-state index in [1.54, 1.807) is 12.1 Å². The van der Waals surface area contributed by atoms with Gasteiger partial charge in [0.25, 0.3) is 0 Å². The smallest absolute Gasteiger partial charge is 0.220 e. The lowest BCUT2D eigenvalue weighted by Crippen LogP contribution is -2.27. The summed E-state index contributed by atoms with van der Waals surface area (Å²) in [7, 11) is 0. The molecule has 0 aliphatic heterocycles. The minimum atomic E-state index is 0.147. The van der Waals surface area contributed by atoms with Gasteiger partial charge in [0.15, 0.2) is 0 Å². The number of nitrogens with one attached hydrogen (secondary N) is 1. The van der Waals surface area contributed by atoms with Crippen LogP contribution >= 0.6 is 23.2 Å². The summed E-state index contributed by atoms with van der Waals surface area (Å²) in [5.41, 5.74) is 0.914. The number of carbonyl (C=O) groups is 1. The van der Waals surface area contributed by atoms with Crippen molar-refractivity contribution in [1.29, 1.82) is 0 Å². The second kappa shape index (κ2) is 5.95. The van der Waals surface area contributed by atoms with Crippen LogP contribution < -0.4 is 5.32 Å². The summed E-state index contributed by atoms with van der Waals surface area (Å²) in [5, 5.41) is 4.21. The monoisotopic (exact) mass is 311 g/mol. The number of hydrogen-bond donors (Lipinski definition) is 1. The highest BCUT2D eigenvalue weighted by Gasteiger charge is 2.39. The van der Waals surface area contributed by atoms with Gasteiger partial charge >= 0.3 is 0 Å². The Balaban J connectivity index is 1.49. The predicted molar refractivity (Wildman–Crippen MR) is 81.9 cm³/mol. The second-order valence-corrected chi connectivity index (χ2v) is 7.00. The molecule has 20 heavy (non-hydrogen) atoms. The predicted octanol–water partition coefficient (Wildman–Crippen LogP) is 4.44. The lowest BCUT2D eigenvalue weighted by atomic mass is 9.86. The van der Waals surface area contributed by atoms with Gasteiger partial charge in [0, 0.05) is 23.0 Å². The third-order valence-electron chi connectivity index (χ3n) is 4.82. The lowest BCUT2D eigenvalue weighted by molar-refractivity contribution is -0.122. The molecule has 2 saturated carbocycles. The molecule has 4 heteroatoms. The van der Waals surface area contributed by atoms with Crippen LogP contribution in [0.5, 0.6) is 0 Å². The van der Waals surface area contributed by atoms with Gasteiger partial charge in [-0.1, -0.05) is 35.7 Å². The molecular weight excluding hydrogens is 293 g/mol. The van der Waals surface area contributed by atoms with E-state index in [1.807, 2.05) is 6.07 Å². The van der Waals surface area contributed by atoms with Gasteiger partial charge in [0.2, 0.25) is 5.91 Å². The van der Waals surface area contributed by atoms with Crippen LogP contribution in [0.1, 0.15) is 37.7 Å². The van der Waals surface area contributed by atoms with E-state index in [-0.39, 0.29) is 5.91 Å². The largest absolute Gasteiger partial charge is 0.352 e. The van der Waals surface area contributed by atoms with Crippen molar-refractivity contribution in [2.45, 2.75) is 38.6 Å². The fourth-order valence-electron chi connectivity index (χ4n) is 3.80. The molecule has 1 N–H and O–H groups in total. The summed E-state index contributed by atoms with van der Waals surface area (Å²) in [6, 6.07) is 5.37. The van der Waals surface area contributed by atoms with Crippen molar-refractivity contribution in [2.24, 2.45) is 17.8 Å². The van der Waals surface area contributed by atoms with E-state index in [1.165, 1.54) is 25.7 Å². The van der Waals surface area contributed by atoms with Gasteiger partial charge in [-0.15, -0.1) is 0 Å². The first-order valence-corrected chi connectivity index (χ1v) is 8.08. The second-order valence-electron chi connectivity index (χ2n) is 6.15. The SMILES string of the molecule is O=C(C[C@H]1C[C@H]2CC[C@H]1C2)NCc1ccc(Cl)cc1Cl. The van der Waals surface area contributed by atoms with Crippen molar-refractivity contribution < 1.29 is 4.79 Å². The molecule has 2 nitrogen and oxygen atoms in total. The molecule has 1 amide bonds. The molecule has 2 bridgehead atoms. The van der Waals surface area contributed by atoms with Gasteiger partial charge in [-0.2, -0.15) is 0 Å². The molecule has 2 aliphatic carbocycles. The molecular formula is C16H19Cl2NO. The fourth-order valence-corrected chi connectivity index (χ4v) is 4.27. The van der Waals surface area contributed by atoms with Gasteiger partial charge in [-0.3, -0.25) is 4.79 Å². The lowest BCUT2D eigenvalue weighted by Gasteiger charge is -2.21. The molecule has 0 unspecified atom stereocenters. The van der Waals surface area contributed by atoms with Crippen LogP contribution in [0.25, 0.3) is 0 Å². The van der Waals surface area contributed by atoms with E-state index in [0.717, 1.165) is 17.4 Å². The quantitative estimate of drug-likeness (QED) is 0.875. The highest BCUT2D eigenvalue weighted by atomic mass is 35.5. The van der Waals surface area contributed by atoms with Crippen molar-refractivity contribution in [3.05, 3.63) is 33.8 Å². The molecule has 108 valence electrons. The van der Waals surface area contributed by atoms with E-state index in [4.69, 9.17) is 23.2 Å². The Morgan fingerprint density at radius 3 is 2.75 bits per heavy atom. The topological polar surface area (TPSA) is 29.1 Å². The molecule has 3 rings (SSSR count). The number of fused-ring (bicyclic) bond motifs is 2. The highest BCUT2D eigenvalue weighted by Crippen LogP contribution is 2.49. The maximum absolute atomic E-state index is 12.0. The van der Waals surface area contributed by atoms with Crippen molar-refractivity contribution >= 4 is 29.1 Å². The zero-order chi connectivity index (χ0) is 14.1. The molecule has 0 heterocycles. The standard InChI is InChI=1S/C16H19Cl2NO/c17-14-4-3-12(15(18)8-14)9-19-16(20)7-13-6-10-1-2-11(13)5-10/h3-4,8,10-11,13H,1-2,5-7,9H2,(H,19,20)/t10-,11-,13+/m0/s1. The van der Waals surface area contributed by atoms with Crippen LogP contribution in [0.2, 0.25) is 10.0 Å². The van der Waals surface area contributed by atoms with E-state index >= 15 is 0 Å². The molecule has 0 radical (unpaired) electrons. The van der Waals surface area contributed by atoms with E-state index < -0.39 is 0 Å². The van der Waals surface area contributed by atoms with E-state index in [9.17, 15) is 4.79 Å². The number of hydrogen-bond acceptors (Lipinski definition) is 1. The van der Waals surface area contributed by atoms with Crippen LogP contribution in [-0.4, -0.2) is 5.91 Å². The van der Waals surface area contributed by atoms with Crippen molar-refractivity contribution in [3.63, 3.8) is 0 Å². The summed E-state index contributed by atoms with van der Waals surface area (Å²) < 4.78 is 0. The Bertz CT molecular complexity index is 517. The molecule has 1 aromatic carbocycles. The van der Waals surface area contributed by atoms with Gasteiger partial charge in [0.05, 0.1) is 0 Å². The van der Waals surface area contributed by atoms with E-state index in [2.05, 4.69) is 5.32 Å². The Morgan fingerprint density at radius 1 is 1.25 bits per heavy atom. The maximum Gasteiger partial charge on any atom is 0.220 e. The molecule has 2 aliphatic rings. The van der Waals surface area contributed by atoms with E-state index in [0.29, 0.717) is 28.9 Å². The normalized spacial score (nSPS) is 27.8. The van der Waals surface area contributed by atoms with Crippen LogP contribution in [0, 0.1) is 17.8 Å². The van der Waals surface area contributed by atoms with Crippen LogP contribution in [0.15, 0.2) is 18.2 Å². The number of benzene rings is 1. The maximum atomic E-state index is 12.0. The van der Waals surface area contributed by atoms with Crippen molar-refractivity contribution in [3.8, 4) is 0 Å². The summed E-state index contributed by atoms with van der Waals surface area (Å²) in [6.45, 7) is 0.482. The average molecular weight is 312 g/mol. The number of halogens is 2. The molecule has 1 aromatic rings. The number of rotatable bonds is 4. The number of carbonyl (C=O) groups excluding carboxylic acids is 1. The van der Waals surface area contributed by atoms with Crippen LogP contribution in [-0.2, 0) is 11.3 Å².